The predicted octanol–water partition coefficient (Wildman–Crippen LogP) is 3.95. The van der Waals surface area contributed by atoms with Crippen LogP contribution in [0, 0.1) is 0 Å². The molecule has 3 N–H and O–H groups in total. The van der Waals surface area contributed by atoms with Gasteiger partial charge in [0.25, 0.3) is 5.56 Å². The van der Waals surface area contributed by atoms with E-state index in [2.05, 4.69) is 32.5 Å². The average molecular weight is 478 g/mol. The van der Waals surface area contributed by atoms with Crippen molar-refractivity contribution in [1.29, 1.82) is 0 Å². The van der Waals surface area contributed by atoms with Crippen molar-refractivity contribution >= 4 is 27.5 Å². The number of aromatic nitrogens is 2. The minimum atomic E-state index is -0.245. The maximum absolute atomic E-state index is 11.5. The smallest absolute Gasteiger partial charge is 0.259 e. The number of aryl methyl sites for hydroxylation is 2. The van der Waals surface area contributed by atoms with E-state index in [9.17, 15) is 9.59 Å². The fraction of sp³-hybridized carbons (Fsp3) is 0.720. The molecule has 1 saturated carbocycles. The van der Waals surface area contributed by atoms with E-state index < -0.39 is 0 Å². The second-order valence-corrected chi connectivity index (χ2v) is 9.80. The Hall–Kier alpha value is -1.77. The Morgan fingerprint density at radius 3 is 2.36 bits per heavy atom. The molecule has 0 unspecified atom stereocenters. The molecule has 0 aromatic carbocycles. The summed E-state index contributed by atoms with van der Waals surface area (Å²) in [6.45, 7) is 10.9. The number of aromatic amines is 1. The molecule has 1 amide bonds. The van der Waals surface area contributed by atoms with Crippen LogP contribution in [0.4, 0.5) is 0 Å². The number of H-pyrrole nitrogens is 1. The first-order valence-electron chi connectivity index (χ1n) is 12.7. The Labute approximate surface area is 202 Å². The van der Waals surface area contributed by atoms with Gasteiger partial charge in [0.1, 0.15) is 4.83 Å². The molecule has 2 aromatic rings. The van der Waals surface area contributed by atoms with Crippen LogP contribution in [0.15, 0.2) is 11.1 Å². The van der Waals surface area contributed by atoms with E-state index in [1.165, 1.54) is 81.5 Å². The first kappa shape index (κ1) is 27.5. The molecule has 0 spiro atoms. The Morgan fingerprint density at radius 2 is 1.76 bits per heavy atom. The van der Waals surface area contributed by atoms with E-state index in [1.807, 2.05) is 13.8 Å². The third kappa shape index (κ3) is 8.19. The second-order valence-electron chi connectivity index (χ2n) is 8.72. The summed E-state index contributed by atoms with van der Waals surface area (Å²) in [5.74, 6) is -0.245. The van der Waals surface area contributed by atoms with Crippen LogP contribution in [0.3, 0.4) is 0 Å². The monoisotopic (exact) mass is 477 g/mol. The highest BCUT2D eigenvalue weighted by Crippen LogP contribution is 2.34. The number of amides is 1. The maximum Gasteiger partial charge on any atom is 0.259 e. The molecular formula is C25H43N5O2S. The first-order chi connectivity index (χ1) is 16.0. The summed E-state index contributed by atoms with van der Waals surface area (Å²) in [5, 5.41) is 0.833. The van der Waals surface area contributed by atoms with Crippen LogP contribution in [0.1, 0.15) is 76.2 Å². The lowest BCUT2D eigenvalue weighted by Crippen LogP contribution is -2.49. The lowest BCUT2D eigenvalue weighted by Gasteiger charge is -2.39. The highest BCUT2D eigenvalue weighted by Gasteiger charge is 2.23. The standard InChI is InChI=1S/C11H22N2.C9H8N2OS.C3H7NO.C2H6/c1-12-7-9-13(10-8-12)11-5-3-2-4-6-11;12-8-7-5-2-1-3-6(5)13-9(7)11-4-10-8;1-2-3(4)5;1-2/h11H,2-10H2,1H3;4H,1-3H2,(H,10,11,12);2H2,1H3,(H2,4,5);1-2H3. The third-order valence-electron chi connectivity index (χ3n) is 6.48. The summed E-state index contributed by atoms with van der Waals surface area (Å²) in [6.07, 6.45) is 12.6. The van der Waals surface area contributed by atoms with Crippen LogP contribution < -0.4 is 11.3 Å². The van der Waals surface area contributed by atoms with Crippen LogP contribution >= 0.6 is 11.3 Å². The fourth-order valence-electron chi connectivity index (χ4n) is 4.57. The summed E-state index contributed by atoms with van der Waals surface area (Å²) in [6, 6.07) is 0.933. The van der Waals surface area contributed by atoms with Gasteiger partial charge in [-0.15, -0.1) is 11.3 Å². The molecule has 1 saturated heterocycles. The lowest BCUT2D eigenvalue weighted by molar-refractivity contribution is -0.117. The van der Waals surface area contributed by atoms with Gasteiger partial charge in [-0.25, -0.2) is 4.98 Å². The van der Waals surface area contributed by atoms with E-state index in [0.29, 0.717) is 6.42 Å². The van der Waals surface area contributed by atoms with E-state index >= 15 is 0 Å². The maximum atomic E-state index is 11.5. The van der Waals surface area contributed by atoms with Gasteiger partial charge in [-0.05, 0) is 44.7 Å². The lowest BCUT2D eigenvalue weighted by atomic mass is 9.94. The molecule has 2 aromatic heterocycles. The number of carbonyl (C=O) groups excluding carboxylic acids is 1. The molecule has 2 aliphatic carbocycles. The van der Waals surface area contributed by atoms with Crippen LogP contribution in [-0.4, -0.2) is 64.9 Å². The Bertz CT molecular complexity index is 896. The number of piperazine rings is 1. The summed E-state index contributed by atoms with van der Waals surface area (Å²) >= 11 is 1.67. The Kier molecular flexibility index (Phi) is 12.1. The number of likely N-dealkylation sites (N-methyl/N-ethyl adjacent to an activating group) is 1. The molecule has 3 aliphatic rings. The zero-order valence-corrected chi connectivity index (χ0v) is 21.8. The van der Waals surface area contributed by atoms with Crippen molar-refractivity contribution in [3.63, 3.8) is 0 Å². The molecule has 1 aliphatic heterocycles. The number of nitrogens with one attached hydrogen (secondary N) is 1. The molecular weight excluding hydrogens is 434 g/mol. The number of primary amides is 1. The van der Waals surface area contributed by atoms with E-state index in [0.717, 1.165) is 29.1 Å². The van der Waals surface area contributed by atoms with Crippen LogP contribution in [-0.2, 0) is 17.6 Å². The normalized spacial score (nSPS) is 18.8. The van der Waals surface area contributed by atoms with E-state index in [4.69, 9.17) is 0 Å². The molecule has 0 atom stereocenters. The molecule has 186 valence electrons. The Morgan fingerprint density at radius 1 is 1.12 bits per heavy atom. The zero-order valence-electron chi connectivity index (χ0n) is 21.0. The predicted molar refractivity (Wildman–Crippen MR) is 139 cm³/mol. The van der Waals surface area contributed by atoms with Crippen molar-refractivity contribution in [2.24, 2.45) is 5.73 Å². The van der Waals surface area contributed by atoms with Crippen molar-refractivity contribution in [1.82, 2.24) is 19.8 Å². The van der Waals surface area contributed by atoms with Crippen molar-refractivity contribution in [3.8, 4) is 0 Å². The van der Waals surface area contributed by atoms with Crippen molar-refractivity contribution in [2.75, 3.05) is 33.2 Å². The van der Waals surface area contributed by atoms with Crippen molar-refractivity contribution < 1.29 is 4.79 Å². The number of thiophene rings is 1. The third-order valence-corrected chi connectivity index (χ3v) is 7.68. The minimum absolute atomic E-state index is 0.0180. The number of fused-ring (bicyclic) bond motifs is 3. The van der Waals surface area contributed by atoms with Gasteiger partial charge in [-0.3, -0.25) is 14.5 Å². The number of hydrogen-bond acceptors (Lipinski definition) is 6. The topological polar surface area (TPSA) is 95.3 Å². The highest BCUT2D eigenvalue weighted by molar-refractivity contribution is 7.18. The first-order valence-corrected chi connectivity index (χ1v) is 13.5. The quantitative estimate of drug-likeness (QED) is 0.683. The van der Waals surface area contributed by atoms with Gasteiger partial charge >= 0.3 is 0 Å². The summed E-state index contributed by atoms with van der Waals surface area (Å²) < 4.78 is 0. The van der Waals surface area contributed by atoms with E-state index in [1.54, 1.807) is 18.3 Å². The fourth-order valence-corrected chi connectivity index (χ4v) is 5.80. The SMILES string of the molecule is CC.CCC(N)=O.CN1CCN(C2CCCCC2)CC1.O=c1[nH]cnc2sc3c(c12)CCC3. The Balaban J connectivity index is 0.000000184. The summed E-state index contributed by atoms with van der Waals surface area (Å²) in [4.78, 5) is 35.3. The molecule has 7 nitrogen and oxygen atoms in total. The molecule has 3 heterocycles. The van der Waals surface area contributed by atoms with Crippen LogP contribution in [0.2, 0.25) is 0 Å². The minimum Gasteiger partial charge on any atom is -0.370 e. The van der Waals surface area contributed by atoms with Gasteiger partial charge in [0.05, 0.1) is 11.7 Å². The van der Waals surface area contributed by atoms with Gasteiger partial charge in [0.2, 0.25) is 5.91 Å². The van der Waals surface area contributed by atoms with Gasteiger partial charge in [-0.1, -0.05) is 40.0 Å². The average Bonchev–Trinajstić information content (AvgIpc) is 3.44. The highest BCUT2D eigenvalue weighted by atomic mass is 32.1. The number of nitrogens with two attached hydrogens (primary N) is 1. The van der Waals surface area contributed by atoms with Gasteiger partial charge in [-0.2, -0.15) is 0 Å². The van der Waals surface area contributed by atoms with E-state index in [-0.39, 0.29) is 11.5 Å². The number of carbonyl (C=O) groups is 1. The van der Waals surface area contributed by atoms with Crippen molar-refractivity contribution in [3.05, 3.63) is 27.1 Å². The van der Waals surface area contributed by atoms with Gasteiger partial charge in [0, 0.05) is 43.5 Å². The van der Waals surface area contributed by atoms with Gasteiger partial charge < -0.3 is 15.6 Å². The zero-order chi connectivity index (χ0) is 24.2. The number of nitrogens with zero attached hydrogens (tertiary/aromatic N) is 3. The molecule has 2 fully saturated rings. The molecule has 0 radical (unpaired) electrons. The molecule has 0 bridgehead atoms. The van der Waals surface area contributed by atoms with Crippen LogP contribution in [0.25, 0.3) is 10.2 Å². The molecule has 5 rings (SSSR count). The summed E-state index contributed by atoms with van der Waals surface area (Å²) in [7, 11) is 2.23. The van der Waals surface area contributed by atoms with Gasteiger partial charge in [0.15, 0.2) is 0 Å². The van der Waals surface area contributed by atoms with Crippen molar-refractivity contribution in [2.45, 2.75) is 84.6 Å². The largest absolute Gasteiger partial charge is 0.370 e. The number of hydrogen-bond donors (Lipinski definition) is 2. The second kappa shape index (κ2) is 14.5. The molecule has 8 heteroatoms. The molecule has 33 heavy (non-hydrogen) atoms. The number of rotatable bonds is 2. The summed E-state index contributed by atoms with van der Waals surface area (Å²) in [5.41, 5.74) is 5.92. The van der Waals surface area contributed by atoms with Crippen LogP contribution in [0.5, 0.6) is 0 Å².